The highest BCUT2D eigenvalue weighted by atomic mass is 35.5. The summed E-state index contributed by atoms with van der Waals surface area (Å²) in [4.78, 5) is 37.9. The van der Waals surface area contributed by atoms with Crippen molar-refractivity contribution < 1.29 is 23.9 Å². The zero-order chi connectivity index (χ0) is 24.0. The lowest BCUT2D eigenvalue weighted by Gasteiger charge is -2.10. The fourth-order valence-corrected chi connectivity index (χ4v) is 4.18. The standard InChI is InChI=1S/C24H23ClN2O5S/c1-4-31-24(30)21-14(2)15(3)33-23(21)27-20(28)13-32-17-11-9-16(10-12-17)22(29)26-19-8-6-5-7-18(19)25/h5-12H,4,13H2,1-3H3,(H,26,29)(H,27,28). The number of hydrogen-bond acceptors (Lipinski definition) is 6. The Kier molecular flexibility index (Phi) is 8.08. The van der Waals surface area contributed by atoms with E-state index in [1.165, 1.54) is 11.3 Å². The van der Waals surface area contributed by atoms with Crippen LogP contribution in [-0.2, 0) is 9.53 Å². The molecule has 0 aliphatic carbocycles. The number of amides is 2. The van der Waals surface area contributed by atoms with Crippen LogP contribution < -0.4 is 15.4 Å². The number of rotatable bonds is 8. The molecular formula is C24H23ClN2O5S. The van der Waals surface area contributed by atoms with Crippen LogP contribution in [-0.4, -0.2) is 31.0 Å². The molecule has 1 heterocycles. The molecule has 0 saturated carbocycles. The number of anilines is 2. The molecule has 7 nitrogen and oxygen atoms in total. The molecule has 172 valence electrons. The first-order valence-electron chi connectivity index (χ1n) is 10.2. The predicted octanol–water partition coefficient (Wildman–Crippen LogP) is 5.46. The van der Waals surface area contributed by atoms with Crippen molar-refractivity contribution in [2.45, 2.75) is 20.8 Å². The van der Waals surface area contributed by atoms with Crippen molar-refractivity contribution in [3.8, 4) is 5.75 Å². The molecule has 0 fully saturated rings. The van der Waals surface area contributed by atoms with E-state index in [4.69, 9.17) is 21.1 Å². The Labute approximate surface area is 200 Å². The molecule has 2 aromatic carbocycles. The van der Waals surface area contributed by atoms with Gasteiger partial charge in [0.1, 0.15) is 10.8 Å². The van der Waals surface area contributed by atoms with E-state index in [1.807, 2.05) is 13.8 Å². The Bertz CT molecular complexity index is 1170. The van der Waals surface area contributed by atoms with Gasteiger partial charge in [-0.15, -0.1) is 11.3 Å². The zero-order valence-corrected chi connectivity index (χ0v) is 19.9. The number of aryl methyl sites for hydroxylation is 1. The maximum atomic E-state index is 12.4. The summed E-state index contributed by atoms with van der Waals surface area (Å²) >= 11 is 7.37. The minimum atomic E-state index is -0.471. The average molecular weight is 487 g/mol. The number of para-hydroxylation sites is 1. The number of carbonyl (C=O) groups is 3. The summed E-state index contributed by atoms with van der Waals surface area (Å²) in [6, 6.07) is 13.3. The maximum Gasteiger partial charge on any atom is 0.341 e. The van der Waals surface area contributed by atoms with Gasteiger partial charge in [-0.2, -0.15) is 0 Å². The summed E-state index contributed by atoms with van der Waals surface area (Å²) in [6.07, 6.45) is 0. The molecule has 2 N–H and O–H groups in total. The quantitative estimate of drug-likeness (QED) is 0.412. The van der Waals surface area contributed by atoms with Crippen molar-refractivity contribution in [3.05, 3.63) is 75.1 Å². The molecule has 0 aliphatic heterocycles. The second-order valence-corrected chi connectivity index (χ2v) is 8.63. The van der Waals surface area contributed by atoms with Crippen LogP contribution in [0.5, 0.6) is 5.75 Å². The summed E-state index contributed by atoms with van der Waals surface area (Å²) < 4.78 is 10.6. The summed E-state index contributed by atoms with van der Waals surface area (Å²) in [6.45, 7) is 5.40. The average Bonchev–Trinajstić information content (AvgIpc) is 3.07. The molecular weight excluding hydrogens is 464 g/mol. The van der Waals surface area contributed by atoms with E-state index in [0.29, 0.717) is 32.6 Å². The molecule has 0 unspecified atom stereocenters. The van der Waals surface area contributed by atoms with Crippen molar-refractivity contribution in [3.63, 3.8) is 0 Å². The molecule has 9 heteroatoms. The first kappa shape index (κ1) is 24.3. The maximum absolute atomic E-state index is 12.4. The van der Waals surface area contributed by atoms with Gasteiger partial charge in [0.15, 0.2) is 6.61 Å². The van der Waals surface area contributed by atoms with E-state index >= 15 is 0 Å². The second kappa shape index (κ2) is 11.0. The molecule has 0 atom stereocenters. The number of ether oxygens (including phenoxy) is 2. The number of nitrogens with one attached hydrogen (secondary N) is 2. The summed E-state index contributed by atoms with van der Waals surface area (Å²) in [5.41, 5.74) is 2.07. The topological polar surface area (TPSA) is 93.7 Å². The minimum absolute atomic E-state index is 0.246. The molecule has 33 heavy (non-hydrogen) atoms. The predicted molar refractivity (Wildman–Crippen MR) is 130 cm³/mol. The van der Waals surface area contributed by atoms with E-state index in [2.05, 4.69) is 10.6 Å². The number of hydrogen-bond donors (Lipinski definition) is 2. The van der Waals surface area contributed by atoms with Gasteiger partial charge in [0.05, 0.1) is 22.9 Å². The second-order valence-electron chi connectivity index (χ2n) is 7.00. The van der Waals surface area contributed by atoms with E-state index in [-0.39, 0.29) is 19.1 Å². The number of esters is 1. The molecule has 0 saturated heterocycles. The number of thiophene rings is 1. The van der Waals surface area contributed by atoms with Crippen LogP contribution in [0.4, 0.5) is 10.7 Å². The Morgan fingerprint density at radius 2 is 1.70 bits per heavy atom. The lowest BCUT2D eigenvalue weighted by Crippen LogP contribution is -2.21. The third-order valence-corrected chi connectivity index (χ3v) is 6.18. The van der Waals surface area contributed by atoms with Gasteiger partial charge >= 0.3 is 5.97 Å². The Hall–Kier alpha value is -3.36. The number of carbonyl (C=O) groups excluding carboxylic acids is 3. The molecule has 0 aliphatic rings. The highest BCUT2D eigenvalue weighted by molar-refractivity contribution is 7.16. The van der Waals surface area contributed by atoms with Crippen molar-refractivity contribution in [2.24, 2.45) is 0 Å². The highest BCUT2D eigenvalue weighted by Gasteiger charge is 2.22. The SMILES string of the molecule is CCOC(=O)c1c(NC(=O)COc2ccc(C(=O)Nc3ccccc3Cl)cc2)sc(C)c1C. The van der Waals surface area contributed by atoms with Crippen LogP contribution in [0.2, 0.25) is 5.02 Å². The Morgan fingerprint density at radius 3 is 2.36 bits per heavy atom. The largest absolute Gasteiger partial charge is 0.484 e. The van der Waals surface area contributed by atoms with Crippen LogP contribution in [0.1, 0.15) is 38.1 Å². The van der Waals surface area contributed by atoms with E-state index in [1.54, 1.807) is 55.5 Å². The van der Waals surface area contributed by atoms with Gasteiger partial charge in [-0.1, -0.05) is 23.7 Å². The van der Waals surface area contributed by atoms with E-state index < -0.39 is 11.9 Å². The highest BCUT2D eigenvalue weighted by Crippen LogP contribution is 2.33. The van der Waals surface area contributed by atoms with Gasteiger partial charge in [0.2, 0.25) is 0 Å². The fourth-order valence-electron chi connectivity index (χ4n) is 2.94. The Balaban J connectivity index is 1.58. The van der Waals surface area contributed by atoms with E-state index in [9.17, 15) is 14.4 Å². The van der Waals surface area contributed by atoms with Gasteiger partial charge in [-0.3, -0.25) is 9.59 Å². The van der Waals surface area contributed by atoms with Crippen molar-refractivity contribution in [1.82, 2.24) is 0 Å². The summed E-state index contributed by atoms with van der Waals surface area (Å²) in [7, 11) is 0. The van der Waals surface area contributed by atoms with Crippen LogP contribution in [0.25, 0.3) is 0 Å². The molecule has 3 aromatic rings. The van der Waals surface area contributed by atoms with Crippen molar-refractivity contribution in [1.29, 1.82) is 0 Å². The van der Waals surface area contributed by atoms with Crippen LogP contribution in [0.15, 0.2) is 48.5 Å². The van der Waals surface area contributed by atoms with Gasteiger partial charge in [-0.05, 0) is 62.7 Å². The molecule has 0 bridgehead atoms. The molecule has 2 amide bonds. The summed E-state index contributed by atoms with van der Waals surface area (Å²) in [5, 5.41) is 6.34. The van der Waals surface area contributed by atoms with Crippen molar-refractivity contribution in [2.75, 3.05) is 23.8 Å². The Morgan fingerprint density at radius 1 is 1.00 bits per heavy atom. The van der Waals surface area contributed by atoms with Crippen LogP contribution in [0, 0.1) is 13.8 Å². The fraction of sp³-hybridized carbons (Fsp3) is 0.208. The van der Waals surface area contributed by atoms with Crippen LogP contribution in [0.3, 0.4) is 0 Å². The van der Waals surface area contributed by atoms with Gasteiger partial charge < -0.3 is 20.1 Å². The van der Waals surface area contributed by atoms with E-state index in [0.717, 1.165) is 10.4 Å². The molecule has 1 aromatic heterocycles. The van der Waals surface area contributed by atoms with Crippen LogP contribution >= 0.6 is 22.9 Å². The molecule has 0 radical (unpaired) electrons. The molecule has 0 spiro atoms. The summed E-state index contributed by atoms with van der Waals surface area (Å²) in [5.74, 6) is -0.783. The van der Waals surface area contributed by atoms with Crippen molar-refractivity contribution >= 4 is 51.4 Å². The minimum Gasteiger partial charge on any atom is -0.484 e. The normalized spacial score (nSPS) is 10.4. The molecule has 3 rings (SSSR count). The lowest BCUT2D eigenvalue weighted by molar-refractivity contribution is -0.118. The third kappa shape index (κ3) is 6.12. The monoisotopic (exact) mass is 486 g/mol. The number of halogens is 1. The first-order valence-corrected chi connectivity index (χ1v) is 11.3. The lowest BCUT2D eigenvalue weighted by atomic mass is 10.1. The number of benzene rings is 2. The third-order valence-electron chi connectivity index (χ3n) is 4.73. The van der Waals surface area contributed by atoms with Gasteiger partial charge in [0.25, 0.3) is 11.8 Å². The van der Waals surface area contributed by atoms with Gasteiger partial charge in [0, 0.05) is 10.4 Å². The first-order chi connectivity index (χ1) is 15.8. The zero-order valence-electron chi connectivity index (χ0n) is 18.4. The van der Waals surface area contributed by atoms with Gasteiger partial charge in [-0.25, -0.2) is 4.79 Å². The smallest absolute Gasteiger partial charge is 0.341 e.